The van der Waals surface area contributed by atoms with Gasteiger partial charge in [0.05, 0.1) is 23.3 Å². The molecular formula is C29H24N6O2S3. The number of nitrogens with one attached hydrogen (secondary N) is 1. The smallest absolute Gasteiger partial charge is 0.234 e. The first kappa shape index (κ1) is 26.3. The SMILES string of the molecule is Cc1ccsc1C1C(C#N)=C(N)N(c2nnc(SCC(=O)Nc3cccc4ccccc34)s2)C2=C1C(=O)CCC2. The van der Waals surface area contributed by atoms with Gasteiger partial charge in [-0.05, 0) is 48.2 Å². The van der Waals surface area contributed by atoms with Crippen LogP contribution >= 0.6 is 34.4 Å². The molecular weight excluding hydrogens is 561 g/mol. The lowest BCUT2D eigenvalue weighted by molar-refractivity contribution is -0.116. The molecule has 0 radical (unpaired) electrons. The Kier molecular flexibility index (Phi) is 7.14. The number of fused-ring (bicyclic) bond motifs is 1. The van der Waals surface area contributed by atoms with Gasteiger partial charge >= 0.3 is 0 Å². The molecule has 8 nitrogen and oxygen atoms in total. The second-order valence-corrected chi connectivity index (χ2v) is 12.6. The summed E-state index contributed by atoms with van der Waals surface area (Å²) in [6.45, 7) is 1.99. The normalized spacial score (nSPS) is 17.2. The van der Waals surface area contributed by atoms with Crippen LogP contribution < -0.4 is 16.0 Å². The largest absolute Gasteiger partial charge is 0.384 e. The van der Waals surface area contributed by atoms with Crippen molar-refractivity contribution in [2.45, 2.75) is 36.4 Å². The predicted molar refractivity (Wildman–Crippen MR) is 160 cm³/mol. The predicted octanol–water partition coefficient (Wildman–Crippen LogP) is 6.10. The maximum atomic E-state index is 13.3. The minimum Gasteiger partial charge on any atom is -0.384 e. The molecule has 0 saturated carbocycles. The van der Waals surface area contributed by atoms with Gasteiger partial charge in [0.15, 0.2) is 10.1 Å². The molecule has 200 valence electrons. The first-order valence-electron chi connectivity index (χ1n) is 12.7. The van der Waals surface area contributed by atoms with E-state index >= 15 is 0 Å². The average molecular weight is 585 g/mol. The lowest BCUT2D eigenvalue weighted by Crippen LogP contribution is -2.38. The van der Waals surface area contributed by atoms with Gasteiger partial charge < -0.3 is 11.1 Å². The zero-order chi connectivity index (χ0) is 27.8. The molecule has 1 atom stereocenters. The fraction of sp³-hybridized carbons (Fsp3) is 0.207. The first-order valence-corrected chi connectivity index (χ1v) is 15.4. The van der Waals surface area contributed by atoms with Crippen molar-refractivity contribution >= 4 is 67.7 Å². The van der Waals surface area contributed by atoms with Crippen molar-refractivity contribution in [3.63, 3.8) is 0 Å². The van der Waals surface area contributed by atoms with Crippen LogP contribution in [-0.2, 0) is 9.59 Å². The highest BCUT2D eigenvalue weighted by atomic mass is 32.2. The monoisotopic (exact) mass is 584 g/mol. The van der Waals surface area contributed by atoms with Gasteiger partial charge in [0.1, 0.15) is 5.82 Å². The Bertz CT molecular complexity index is 1760. The van der Waals surface area contributed by atoms with Gasteiger partial charge in [0, 0.05) is 33.6 Å². The molecule has 3 N–H and O–H groups in total. The second kappa shape index (κ2) is 10.9. The van der Waals surface area contributed by atoms with Crippen LogP contribution in [0.1, 0.15) is 35.6 Å². The Balaban J connectivity index is 1.25. The molecule has 0 fully saturated rings. The molecule has 6 rings (SSSR count). The van der Waals surface area contributed by atoms with Crippen molar-refractivity contribution in [3.8, 4) is 6.07 Å². The summed E-state index contributed by atoms with van der Waals surface area (Å²) in [6.07, 6.45) is 1.79. The fourth-order valence-corrected chi connectivity index (χ4v) is 7.97. The maximum Gasteiger partial charge on any atom is 0.234 e. The van der Waals surface area contributed by atoms with Crippen LogP contribution in [-0.4, -0.2) is 27.6 Å². The molecule has 3 heterocycles. The molecule has 1 amide bonds. The van der Waals surface area contributed by atoms with E-state index in [1.807, 2.05) is 60.8 Å². The number of allylic oxidation sites excluding steroid dienone is 3. The van der Waals surface area contributed by atoms with E-state index in [1.54, 1.807) is 4.90 Å². The van der Waals surface area contributed by atoms with Gasteiger partial charge in [0.2, 0.25) is 11.0 Å². The van der Waals surface area contributed by atoms with E-state index in [-0.39, 0.29) is 23.3 Å². The third-order valence-corrected chi connectivity index (χ3v) is 10.2. The first-order chi connectivity index (χ1) is 19.5. The van der Waals surface area contributed by atoms with E-state index in [0.717, 1.165) is 32.6 Å². The highest BCUT2D eigenvalue weighted by Crippen LogP contribution is 2.48. The minimum atomic E-state index is -0.469. The average Bonchev–Trinajstić information content (AvgIpc) is 3.60. The van der Waals surface area contributed by atoms with E-state index in [0.29, 0.717) is 39.9 Å². The zero-order valence-electron chi connectivity index (χ0n) is 21.5. The number of thiophene rings is 1. The summed E-state index contributed by atoms with van der Waals surface area (Å²) in [5.74, 6) is -0.162. The number of nitrogens with zero attached hydrogens (tertiary/aromatic N) is 4. The van der Waals surface area contributed by atoms with Crippen LogP contribution in [0, 0.1) is 18.3 Å². The van der Waals surface area contributed by atoms with Crippen molar-refractivity contribution in [1.29, 1.82) is 5.26 Å². The van der Waals surface area contributed by atoms with Crippen molar-refractivity contribution < 1.29 is 9.59 Å². The minimum absolute atomic E-state index is 0.0357. The summed E-state index contributed by atoms with van der Waals surface area (Å²) in [5.41, 5.74) is 10.2. The van der Waals surface area contributed by atoms with Crippen LogP contribution in [0.25, 0.3) is 10.8 Å². The van der Waals surface area contributed by atoms with Crippen LogP contribution in [0.4, 0.5) is 10.8 Å². The fourth-order valence-electron chi connectivity index (χ4n) is 5.25. The van der Waals surface area contributed by atoms with Crippen LogP contribution in [0.3, 0.4) is 0 Å². The molecule has 0 bridgehead atoms. The van der Waals surface area contributed by atoms with Gasteiger partial charge in [-0.3, -0.25) is 14.5 Å². The summed E-state index contributed by atoms with van der Waals surface area (Å²) in [7, 11) is 0. The number of nitrogens with two attached hydrogens (primary N) is 1. The number of carbonyl (C=O) groups is 2. The Morgan fingerprint density at radius 3 is 2.83 bits per heavy atom. The van der Waals surface area contributed by atoms with Crippen molar-refractivity contribution in [3.05, 3.63) is 87.0 Å². The third-order valence-electron chi connectivity index (χ3n) is 7.05. The molecule has 4 aromatic rings. The topological polar surface area (TPSA) is 125 Å². The standard InChI is InChI=1S/C29H24N6O2S3/c1-16-12-13-38-26(16)24-19(14-30)27(31)35(21-10-5-11-22(36)25(21)24)28-33-34-29(40-28)39-15-23(37)32-20-9-4-7-17-6-2-3-8-18(17)20/h2-4,6-9,12-13,24H,5,10-11,15,31H2,1H3,(H,32,37). The number of aryl methyl sites for hydroxylation is 1. The van der Waals surface area contributed by atoms with E-state index in [4.69, 9.17) is 5.73 Å². The van der Waals surface area contributed by atoms with Crippen molar-refractivity contribution in [1.82, 2.24) is 10.2 Å². The molecule has 1 aliphatic heterocycles. The summed E-state index contributed by atoms with van der Waals surface area (Å²) >= 11 is 4.10. The highest BCUT2D eigenvalue weighted by molar-refractivity contribution is 8.01. The lowest BCUT2D eigenvalue weighted by atomic mass is 9.78. The molecule has 2 aliphatic rings. The molecule has 11 heteroatoms. The molecule has 40 heavy (non-hydrogen) atoms. The number of ketones is 1. The van der Waals surface area contributed by atoms with Gasteiger partial charge in [0.25, 0.3) is 0 Å². The van der Waals surface area contributed by atoms with Crippen molar-refractivity contribution in [2.24, 2.45) is 5.73 Å². The molecule has 0 spiro atoms. The van der Waals surface area contributed by atoms with Gasteiger partial charge in [-0.15, -0.1) is 21.5 Å². The van der Waals surface area contributed by atoms with Gasteiger partial charge in [-0.2, -0.15) is 5.26 Å². The number of aromatic nitrogens is 2. The van der Waals surface area contributed by atoms with Crippen LogP contribution in [0.15, 0.2) is 80.9 Å². The van der Waals surface area contributed by atoms with Gasteiger partial charge in [-0.1, -0.05) is 59.5 Å². The molecule has 0 saturated heterocycles. The third kappa shape index (κ3) is 4.68. The summed E-state index contributed by atoms with van der Waals surface area (Å²) in [4.78, 5) is 28.7. The summed E-state index contributed by atoms with van der Waals surface area (Å²) < 4.78 is 0.592. The van der Waals surface area contributed by atoms with Crippen molar-refractivity contribution in [2.75, 3.05) is 16.0 Å². The number of nitriles is 1. The molecule has 1 aliphatic carbocycles. The number of hydrogen-bond donors (Lipinski definition) is 2. The van der Waals surface area contributed by atoms with E-state index < -0.39 is 5.92 Å². The quantitative estimate of drug-likeness (QED) is 0.261. The van der Waals surface area contributed by atoms with E-state index in [2.05, 4.69) is 21.6 Å². The molecule has 2 aromatic heterocycles. The Morgan fingerprint density at radius 2 is 2.02 bits per heavy atom. The Hall–Kier alpha value is -3.98. The van der Waals surface area contributed by atoms with Crippen LogP contribution in [0.5, 0.6) is 0 Å². The summed E-state index contributed by atoms with van der Waals surface area (Å²) in [5, 5.41) is 26.3. The van der Waals surface area contributed by atoms with Crippen LogP contribution in [0.2, 0.25) is 0 Å². The molecule has 2 aromatic carbocycles. The lowest BCUT2D eigenvalue weighted by Gasteiger charge is -2.37. The molecule has 1 unspecified atom stereocenters. The highest BCUT2D eigenvalue weighted by Gasteiger charge is 2.42. The van der Waals surface area contributed by atoms with E-state index in [1.165, 1.54) is 34.4 Å². The number of carbonyl (C=O) groups excluding carboxylic acids is 2. The number of hydrogen-bond acceptors (Lipinski definition) is 10. The van der Waals surface area contributed by atoms with Gasteiger partial charge in [-0.25, -0.2) is 0 Å². The number of benzene rings is 2. The zero-order valence-corrected chi connectivity index (χ0v) is 24.0. The Labute approximate surface area is 243 Å². The number of Topliss-reactive ketones (excluding diaryl/α,β-unsaturated/α-hetero) is 1. The maximum absolute atomic E-state index is 13.3. The number of rotatable bonds is 6. The Morgan fingerprint density at radius 1 is 1.20 bits per heavy atom. The summed E-state index contributed by atoms with van der Waals surface area (Å²) in [6, 6.07) is 18.0. The number of amides is 1. The van der Waals surface area contributed by atoms with E-state index in [9.17, 15) is 14.9 Å². The number of anilines is 2. The second-order valence-electron chi connectivity index (χ2n) is 9.50. The number of thioether (sulfide) groups is 1.